The van der Waals surface area contributed by atoms with Crippen molar-refractivity contribution in [3.8, 4) is 5.75 Å². The Balaban J connectivity index is 1.46. The molecule has 4 rings (SSSR count). The van der Waals surface area contributed by atoms with E-state index >= 15 is 0 Å². The zero-order valence-electron chi connectivity index (χ0n) is 15.0. The van der Waals surface area contributed by atoms with Crippen molar-refractivity contribution in [1.29, 1.82) is 0 Å². The molecule has 7 heteroatoms. The summed E-state index contributed by atoms with van der Waals surface area (Å²) in [4.78, 5) is 31.1. The normalized spacial score (nSPS) is 14.6. The highest BCUT2D eigenvalue weighted by Crippen LogP contribution is 2.28. The molecule has 0 saturated carbocycles. The second kappa shape index (κ2) is 7.52. The lowest BCUT2D eigenvalue weighted by Gasteiger charge is -2.13. The Morgan fingerprint density at radius 3 is 2.85 bits per heavy atom. The van der Waals surface area contributed by atoms with Crippen LogP contribution in [0.2, 0.25) is 0 Å². The van der Waals surface area contributed by atoms with Crippen LogP contribution >= 0.6 is 11.3 Å². The summed E-state index contributed by atoms with van der Waals surface area (Å²) in [5, 5.41) is 0. The number of carbonyl (C=O) groups excluding carboxylic acids is 1. The van der Waals surface area contributed by atoms with Gasteiger partial charge in [0.05, 0.1) is 5.69 Å². The number of thiazole rings is 1. The van der Waals surface area contributed by atoms with Crippen molar-refractivity contribution in [3.63, 3.8) is 0 Å². The fourth-order valence-electron chi connectivity index (χ4n) is 3.23. The molecule has 140 valence electrons. The first kappa shape index (κ1) is 17.7. The first-order chi connectivity index (χ1) is 13.1. The van der Waals surface area contributed by atoms with Gasteiger partial charge in [-0.3, -0.25) is 9.20 Å². The molecule has 1 atom stereocenters. The maximum absolute atomic E-state index is 12.5. The summed E-state index contributed by atoms with van der Waals surface area (Å²) in [6.07, 6.45) is 3.43. The minimum atomic E-state index is -0.744. The van der Waals surface area contributed by atoms with E-state index < -0.39 is 12.1 Å². The van der Waals surface area contributed by atoms with E-state index in [4.69, 9.17) is 9.47 Å². The van der Waals surface area contributed by atoms with Crippen LogP contribution in [0.15, 0.2) is 41.2 Å². The Labute approximate surface area is 160 Å². The van der Waals surface area contributed by atoms with Gasteiger partial charge in [-0.05, 0) is 44.7 Å². The summed E-state index contributed by atoms with van der Waals surface area (Å²) in [6.45, 7) is 1.59. The van der Waals surface area contributed by atoms with Crippen LogP contribution in [0.3, 0.4) is 0 Å². The van der Waals surface area contributed by atoms with Crippen LogP contribution in [0.25, 0.3) is 4.96 Å². The number of aryl methyl sites for hydroxylation is 2. The minimum Gasteiger partial charge on any atom is -0.479 e. The standard InChI is InChI=1S/C20H20N2O4S/c1-13(26-15-7-3-2-4-8-15)19(24)25-12-14-11-18(23)22-16-9-5-6-10-17(16)27-20(22)21-14/h2-4,7-8,11,13H,5-6,9-10,12H2,1H3. The van der Waals surface area contributed by atoms with E-state index in [1.165, 1.54) is 10.9 Å². The zero-order chi connectivity index (χ0) is 18.8. The molecule has 0 spiro atoms. The Kier molecular flexibility index (Phi) is 4.94. The molecular formula is C20H20N2O4S. The molecule has 2 heterocycles. The van der Waals surface area contributed by atoms with Crippen LogP contribution in [0.5, 0.6) is 5.75 Å². The van der Waals surface area contributed by atoms with Crippen molar-refractivity contribution >= 4 is 22.3 Å². The molecule has 0 bridgehead atoms. The molecule has 6 nitrogen and oxygen atoms in total. The van der Waals surface area contributed by atoms with Crippen molar-refractivity contribution in [3.05, 3.63) is 63.0 Å². The van der Waals surface area contributed by atoms with Crippen molar-refractivity contribution in [2.24, 2.45) is 0 Å². The second-order valence-electron chi connectivity index (χ2n) is 6.56. The van der Waals surface area contributed by atoms with Gasteiger partial charge in [0.1, 0.15) is 12.4 Å². The highest BCUT2D eigenvalue weighted by molar-refractivity contribution is 7.17. The van der Waals surface area contributed by atoms with Crippen LogP contribution in [-0.4, -0.2) is 21.5 Å². The zero-order valence-corrected chi connectivity index (χ0v) is 15.8. The van der Waals surface area contributed by atoms with E-state index in [1.807, 2.05) is 18.2 Å². The average Bonchev–Trinajstić information content (AvgIpc) is 3.05. The molecule has 1 aliphatic carbocycles. The Hall–Kier alpha value is -2.67. The Morgan fingerprint density at radius 2 is 2.04 bits per heavy atom. The fraction of sp³-hybridized carbons (Fsp3) is 0.350. The molecule has 2 aromatic heterocycles. The predicted octanol–water partition coefficient (Wildman–Crippen LogP) is 3.15. The monoisotopic (exact) mass is 384 g/mol. The average molecular weight is 384 g/mol. The van der Waals surface area contributed by atoms with Gasteiger partial charge in [-0.1, -0.05) is 18.2 Å². The van der Waals surface area contributed by atoms with Crippen LogP contribution in [0, 0.1) is 0 Å². The van der Waals surface area contributed by atoms with Gasteiger partial charge in [-0.25, -0.2) is 9.78 Å². The fourth-order valence-corrected chi connectivity index (χ4v) is 4.46. The van der Waals surface area contributed by atoms with Crippen molar-refractivity contribution < 1.29 is 14.3 Å². The van der Waals surface area contributed by atoms with E-state index in [1.54, 1.807) is 34.8 Å². The topological polar surface area (TPSA) is 69.9 Å². The number of para-hydroxylation sites is 1. The lowest BCUT2D eigenvalue weighted by atomic mass is 10.0. The molecule has 3 aromatic rings. The third-order valence-electron chi connectivity index (χ3n) is 4.57. The van der Waals surface area contributed by atoms with Gasteiger partial charge >= 0.3 is 5.97 Å². The largest absolute Gasteiger partial charge is 0.479 e. The number of fused-ring (bicyclic) bond motifs is 3. The molecule has 1 aliphatic rings. The first-order valence-corrected chi connectivity index (χ1v) is 9.85. The highest BCUT2D eigenvalue weighted by Gasteiger charge is 2.20. The van der Waals surface area contributed by atoms with E-state index in [-0.39, 0.29) is 12.2 Å². The smallest absolute Gasteiger partial charge is 0.347 e. The van der Waals surface area contributed by atoms with Crippen LogP contribution in [0.4, 0.5) is 0 Å². The number of hydrogen-bond acceptors (Lipinski definition) is 6. The lowest BCUT2D eigenvalue weighted by Crippen LogP contribution is -2.26. The van der Waals surface area contributed by atoms with Gasteiger partial charge in [-0.2, -0.15) is 0 Å². The second-order valence-corrected chi connectivity index (χ2v) is 7.63. The maximum atomic E-state index is 12.5. The number of nitrogens with zero attached hydrogens (tertiary/aromatic N) is 2. The van der Waals surface area contributed by atoms with Gasteiger partial charge < -0.3 is 9.47 Å². The number of hydrogen-bond donors (Lipinski definition) is 0. The molecule has 1 unspecified atom stereocenters. The van der Waals surface area contributed by atoms with E-state index in [0.717, 1.165) is 31.4 Å². The van der Waals surface area contributed by atoms with Crippen molar-refractivity contribution in [2.45, 2.75) is 45.3 Å². The SMILES string of the molecule is CC(Oc1ccccc1)C(=O)OCc1cc(=O)n2c3c(sc2n1)CCCC3. The van der Waals surface area contributed by atoms with E-state index in [9.17, 15) is 9.59 Å². The predicted molar refractivity (Wildman–Crippen MR) is 102 cm³/mol. The van der Waals surface area contributed by atoms with E-state index in [2.05, 4.69) is 4.98 Å². The summed E-state index contributed by atoms with van der Waals surface area (Å²) in [7, 11) is 0. The third kappa shape index (κ3) is 3.73. The summed E-state index contributed by atoms with van der Waals surface area (Å²) in [6, 6.07) is 10.5. The van der Waals surface area contributed by atoms with Gasteiger partial charge in [0.25, 0.3) is 5.56 Å². The molecule has 0 amide bonds. The third-order valence-corrected chi connectivity index (χ3v) is 5.71. The molecule has 0 N–H and O–H groups in total. The molecule has 0 saturated heterocycles. The highest BCUT2D eigenvalue weighted by atomic mass is 32.1. The van der Waals surface area contributed by atoms with Crippen LogP contribution in [0.1, 0.15) is 36.0 Å². The molecule has 1 aromatic carbocycles. The number of esters is 1. The molecule has 27 heavy (non-hydrogen) atoms. The van der Waals surface area contributed by atoms with Gasteiger partial charge in [0.15, 0.2) is 11.1 Å². The summed E-state index contributed by atoms with van der Waals surface area (Å²) in [5.74, 6) is 0.107. The van der Waals surface area contributed by atoms with E-state index in [0.29, 0.717) is 16.4 Å². The van der Waals surface area contributed by atoms with Crippen LogP contribution < -0.4 is 10.3 Å². The number of aromatic nitrogens is 2. The number of carbonyl (C=O) groups is 1. The Morgan fingerprint density at radius 1 is 1.26 bits per heavy atom. The van der Waals surface area contributed by atoms with Crippen molar-refractivity contribution in [1.82, 2.24) is 9.38 Å². The quantitative estimate of drug-likeness (QED) is 0.632. The number of ether oxygens (including phenoxy) is 2. The minimum absolute atomic E-state index is 0.0460. The Bertz CT molecular complexity index is 1030. The number of rotatable bonds is 5. The molecule has 0 aliphatic heterocycles. The summed E-state index contributed by atoms with van der Waals surface area (Å²) < 4.78 is 12.6. The number of benzene rings is 1. The maximum Gasteiger partial charge on any atom is 0.347 e. The van der Waals surface area contributed by atoms with Crippen LogP contribution in [-0.2, 0) is 29.0 Å². The first-order valence-electron chi connectivity index (χ1n) is 9.03. The van der Waals surface area contributed by atoms with Crippen molar-refractivity contribution in [2.75, 3.05) is 0 Å². The molecule has 0 fully saturated rings. The summed E-state index contributed by atoms with van der Waals surface area (Å²) in [5.41, 5.74) is 1.44. The summed E-state index contributed by atoms with van der Waals surface area (Å²) >= 11 is 1.56. The van der Waals surface area contributed by atoms with Gasteiger partial charge in [0, 0.05) is 16.6 Å². The molecule has 0 radical (unpaired) electrons. The van der Waals surface area contributed by atoms with Gasteiger partial charge in [-0.15, -0.1) is 11.3 Å². The molecular weight excluding hydrogens is 364 g/mol. The lowest BCUT2D eigenvalue weighted by molar-refractivity contribution is -0.152. The van der Waals surface area contributed by atoms with Gasteiger partial charge in [0.2, 0.25) is 0 Å².